The van der Waals surface area contributed by atoms with Crippen LogP contribution in [0.5, 0.6) is 0 Å². The van der Waals surface area contributed by atoms with E-state index in [0.717, 1.165) is 44.2 Å². The Morgan fingerprint density at radius 3 is 2.80 bits per heavy atom. The highest BCUT2D eigenvalue weighted by Crippen LogP contribution is 2.30. The first kappa shape index (κ1) is 14.3. The minimum atomic E-state index is -0.429. The molecule has 1 aliphatic carbocycles. The number of aliphatic hydroxyl groups is 1. The van der Waals surface area contributed by atoms with E-state index in [9.17, 15) is 5.11 Å². The van der Waals surface area contributed by atoms with Gasteiger partial charge >= 0.3 is 0 Å². The van der Waals surface area contributed by atoms with E-state index in [1.807, 2.05) is 11.6 Å². The molecule has 0 bridgehead atoms. The second-order valence-electron chi connectivity index (χ2n) is 6.38. The molecule has 1 atom stereocenters. The molecule has 5 heteroatoms. The molecule has 1 aliphatic heterocycles. The molecule has 1 unspecified atom stereocenters. The van der Waals surface area contributed by atoms with Gasteiger partial charge in [-0.25, -0.2) is 4.98 Å². The van der Waals surface area contributed by atoms with Crippen LogP contribution in [0.2, 0.25) is 0 Å². The third-order valence-corrected chi connectivity index (χ3v) is 5.49. The van der Waals surface area contributed by atoms with Gasteiger partial charge in [0.25, 0.3) is 0 Å². The van der Waals surface area contributed by atoms with Gasteiger partial charge in [0.15, 0.2) is 5.13 Å². The average molecular weight is 295 g/mol. The molecule has 1 aromatic heterocycles. The van der Waals surface area contributed by atoms with Crippen molar-refractivity contribution >= 4 is 16.5 Å². The third-order valence-electron chi connectivity index (χ3n) is 4.68. The number of thiazole rings is 1. The number of anilines is 1. The maximum atomic E-state index is 10.7. The van der Waals surface area contributed by atoms with Crippen LogP contribution in [0.15, 0.2) is 11.6 Å². The van der Waals surface area contributed by atoms with Crippen molar-refractivity contribution in [2.24, 2.45) is 0 Å². The summed E-state index contributed by atoms with van der Waals surface area (Å²) in [6, 6.07) is 0.474. The molecule has 0 amide bonds. The molecule has 1 aromatic rings. The summed E-state index contributed by atoms with van der Waals surface area (Å²) in [5.41, 5.74) is -0.429. The lowest BCUT2D eigenvalue weighted by Gasteiger charge is -2.43. The second-order valence-corrected chi connectivity index (χ2v) is 7.25. The van der Waals surface area contributed by atoms with Crippen molar-refractivity contribution in [1.82, 2.24) is 9.88 Å². The van der Waals surface area contributed by atoms with E-state index in [-0.39, 0.29) is 0 Å². The van der Waals surface area contributed by atoms with Gasteiger partial charge in [0, 0.05) is 43.8 Å². The Kier molecular flexibility index (Phi) is 4.29. The fourth-order valence-corrected chi connectivity index (χ4v) is 4.37. The van der Waals surface area contributed by atoms with Crippen LogP contribution in [0.1, 0.15) is 39.0 Å². The predicted molar refractivity (Wildman–Crippen MR) is 83.4 cm³/mol. The standard InChI is InChI=1S/C15H25N3OS/c1-13-11-17(12-15(19)5-3-2-4-6-15)8-9-18(13)14-16-7-10-20-14/h7,10,13,19H,2-6,8-9,11-12H2,1H3. The number of piperazine rings is 1. The first-order chi connectivity index (χ1) is 9.66. The van der Waals surface area contributed by atoms with E-state index in [0.29, 0.717) is 6.04 Å². The number of nitrogens with zero attached hydrogens (tertiary/aromatic N) is 3. The zero-order valence-corrected chi connectivity index (χ0v) is 13.1. The predicted octanol–water partition coefficient (Wildman–Crippen LogP) is 2.35. The van der Waals surface area contributed by atoms with Gasteiger partial charge in [0.2, 0.25) is 0 Å². The van der Waals surface area contributed by atoms with E-state index in [2.05, 4.69) is 21.7 Å². The highest BCUT2D eigenvalue weighted by atomic mass is 32.1. The van der Waals surface area contributed by atoms with Gasteiger partial charge in [0.1, 0.15) is 0 Å². The molecule has 1 N–H and O–H groups in total. The molecular weight excluding hydrogens is 270 g/mol. The van der Waals surface area contributed by atoms with E-state index in [1.165, 1.54) is 19.3 Å². The summed E-state index contributed by atoms with van der Waals surface area (Å²) in [5.74, 6) is 0. The maximum absolute atomic E-state index is 10.7. The summed E-state index contributed by atoms with van der Waals surface area (Å²) >= 11 is 1.72. The van der Waals surface area contributed by atoms with Crippen LogP contribution in [0.4, 0.5) is 5.13 Å². The summed E-state index contributed by atoms with van der Waals surface area (Å²) < 4.78 is 0. The van der Waals surface area contributed by atoms with Crippen LogP contribution in [0.3, 0.4) is 0 Å². The third kappa shape index (κ3) is 3.15. The highest BCUT2D eigenvalue weighted by molar-refractivity contribution is 7.13. The zero-order chi connectivity index (χ0) is 14.0. The molecular formula is C15H25N3OS. The Morgan fingerprint density at radius 1 is 1.35 bits per heavy atom. The summed E-state index contributed by atoms with van der Waals surface area (Å²) in [5, 5.41) is 13.9. The molecule has 2 aliphatic rings. The molecule has 4 nitrogen and oxygen atoms in total. The largest absolute Gasteiger partial charge is 0.389 e. The molecule has 20 heavy (non-hydrogen) atoms. The van der Waals surface area contributed by atoms with E-state index in [4.69, 9.17) is 0 Å². The van der Waals surface area contributed by atoms with Gasteiger partial charge < -0.3 is 10.0 Å². The SMILES string of the molecule is CC1CN(CC2(O)CCCCC2)CCN1c1nccs1. The fourth-order valence-electron chi connectivity index (χ4n) is 3.60. The molecule has 2 heterocycles. The van der Waals surface area contributed by atoms with E-state index in [1.54, 1.807) is 11.3 Å². The van der Waals surface area contributed by atoms with Crippen molar-refractivity contribution in [3.63, 3.8) is 0 Å². The average Bonchev–Trinajstić information content (AvgIpc) is 2.93. The van der Waals surface area contributed by atoms with Crippen molar-refractivity contribution in [3.05, 3.63) is 11.6 Å². The van der Waals surface area contributed by atoms with Gasteiger partial charge in [-0.05, 0) is 19.8 Å². The number of aromatic nitrogens is 1. The van der Waals surface area contributed by atoms with Crippen LogP contribution in [0.25, 0.3) is 0 Å². The Bertz CT molecular complexity index is 417. The molecule has 1 saturated carbocycles. The first-order valence-electron chi connectivity index (χ1n) is 7.77. The zero-order valence-electron chi connectivity index (χ0n) is 12.3. The van der Waals surface area contributed by atoms with Crippen LogP contribution < -0.4 is 4.90 Å². The van der Waals surface area contributed by atoms with Gasteiger partial charge in [0.05, 0.1) is 5.60 Å². The fraction of sp³-hybridized carbons (Fsp3) is 0.800. The van der Waals surface area contributed by atoms with E-state index < -0.39 is 5.60 Å². The molecule has 3 rings (SSSR count). The summed E-state index contributed by atoms with van der Waals surface area (Å²) in [7, 11) is 0. The minimum absolute atomic E-state index is 0.429. The van der Waals surface area contributed by atoms with Crippen molar-refractivity contribution in [2.75, 3.05) is 31.1 Å². The first-order valence-corrected chi connectivity index (χ1v) is 8.65. The minimum Gasteiger partial charge on any atom is -0.389 e. The Labute approximate surface area is 125 Å². The molecule has 0 radical (unpaired) electrons. The van der Waals surface area contributed by atoms with Crippen molar-refractivity contribution in [3.8, 4) is 0 Å². The number of hydrogen-bond donors (Lipinski definition) is 1. The quantitative estimate of drug-likeness (QED) is 0.929. The van der Waals surface area contributed by atoms with Crippen LogP contribution >= 0.6 is 11.3 Å². The van der Waals surface area contributed by atoms with Crippen LogP contribution in [0, 0.1) is 0 Å². The molecule has 112 valence electrons. The van der Waals surface area contributed by atoms with Gasteiger partial charge in [-0.15, -0.1) is 11.3 Å². The summed E-state index contributed by atoms with van der Waals surface area (Å²) in [6.45, 7) is 6.19. The molecule has 0 spiro atoms. The number of hydrogen-bond acceptors (Lipinski definition) is 5. The van der Waals surface area contributed by atoms with Gasteiger partial charge in [-0.3, -0.25) is 4.90 Å². The Hall–Kier alpha value is -0.650. The van der Waals surface area contributed by atoms with Crippen LogP contribution in [-0.2, 0) is 0 Å². The smallest absolute Gasteiger partial charge is 0.185 e. The van der Waals surface area contributed by atoms with Gasteiger partial charge in [-0.2, -0.15) is 0 Å². The van der Waals surface area contributed by atoms with Crippen LogP contribution in [-0.4, -0.2) is 52.8 Å². The van der Waals surface area contributed by atoms with Crippen molar-refractivity contribution < 1.29 is 5.11 Å². The van der Waals surface area contributed by atoms with Crippen molar-refractivity contribution in [1.29, 1.82) is 0 Å². The lowest BCUT2D eigenvalue weighted by Crippen LogP contribution is -2.56. The lowest BCUT2D eigenvalue weighted by molar-refractivity contribution is -0.0292. The van der Waals surface area contributed by atoms with E-state index >= 15 is 0 Å². The molecule has 0 aromatic carbocycles. The second kappa shape index (κ2) is 6.00. The molecule has 2 fully saturated rings. The number of β-amino-alcohol motifs (C(OH)–C–C–N with tert-alkyl or cyclic N) is 1. The monoisotopic (exact) mass is 295 g/mol. The highest BCUT2D eigenvalue weighted by Gasteiger charge is 2.34. The summed E-state index contributed by atoms with van der Waals surface area (Å²) in [4.78, 5) is 9.26. The normalized spacial score (nSPS) is 27.7. The Morgan fingerprint density at radius 2 is 2.15 bits per heavy atom. The molecule has 1 saturated heterocycles. The Balaban J connectivity index is 1.56. The lowest BCUT2D eigenvalue weighted by atomic mass is 9.84. The summed E-state index contributed by atoms with van der Waals surface area (Å²) in [6.07, 6.45) is 7.50. The topological polar surface area (TPSA) is 39.6 Å². The van der Waals surface area contributed by atoms with Gasteiger partial charge in [-0.1, -0.05) is 19.3 Å². The maximum Gasteiger partial charge on any atom is 0.185 e. The van der Waals surface area contributed by atoms with Crippen molar-refractivity contribution in [2.45, 2.75) is 50.7 Å². The number of rotatable bonds is 3.